The zero-order valence-electron chi connectivity index (χ0n) is 6.44. The Morgan fingerprint density at radius 3 is 2.46 bits per heavy atom. The van der Waals surface area contributed by atoms with Crippen molar-refractivity contribution in [3.63, 3.8) is 0 Å². The molecule has 0 aromatic heterocycles. The first kappa shape index (κ1) is 10.3. The molecule has 1 atom stereocenters. The number of carbonyl (C=O) groups is 1. The van der Waals surface area contributed by atoms with Crippen LogP contribution in [0, 0.1) is 0 Å². The first-order chi connectivity index (χ1) is 6.20. The third-order valence-electron chi connectivity index (χ3n) is 1.26. The van der Waals surface area contributed by atoms with Crippen molar-refractivity contribution in [2.24, 2.45) is 0 Å². The second kappa shape index (κ2) is 5.07. The summed E-state index contributed by atoms with van der Waals surface area (Å²) in [6, 6.07) is 8.88. The molecule has 1 aromatic rings. The van der Waals surface area contributed by atoms with Gasteiger partial charge in [-0.05, 0) is 0 Å². The molecule has 0 radical (unpaired) electrons. The summed E-state index contributed by atoms with van der Waals surface area (Å²) in [5.41, 5.74) is -1.22. The van der Waals surface area contributed by atoms with Crippen molar-refractivity contribution < 1.29 is 14.6 Å². The van der Waals surface area contributed by atoms with Crippen LogP contribution in [0.1, 0.15) is 11.1 Å². The smallest absolute Gasteiger partial charge is 0.278 e. The first-order valence-corrected chi connectivity index (χ1v) is 4.23. The lowest BCUT2D eigenvalue weighted by Gasteiger charge is -2.07. The zero-order chi connectivity index (χ0) is 9.68. The normalized spacial score (nSPS) is 12.2. The predicted molar refractivity (Wildman–Crippen MR) is 48.5 cm³/mol. The molecule has 0 spiro atoms. The molecular formula is C8H6Cl2O3. The summed E-state index contributed by atoms with van der Waals surface area (Å²) in [6.07, 6.45) is 0. The molecule has 0 saturated heterocycles. The van der Waals surface area contributed by atoms with Crippen molar-refractivity contribution >= 4 is 28.6 Å². The van der Waals surface area contributed by atoms with E-state index in [-0.39, 0.29) is 0 Å². The molecular weight excluding hydrogens is 215 g/mol. The number of carbonyl (C=O) groups excluding carboxylic acids is 1. The van der Waals surface area contributed by atoms with Gasteiger partial charge in [0.15, 0.2) is 0 Å². The van der Waals surface area contributed by atoms with Crippen LogP contribution in [0.3, 0.4) is 0 Å². The lowest BCUT2D eigenvalue weighted by molar-refractivity contribution is -0.246. The van der Waals surface area contributed by atoms with Gasteiger partial charge >= 0.3 is 5.43 Å². The number of halogens is 2. The molecule has 0 amide bonds. The Morgan fingerprint density at radius 1 is 1.31 bits per heavy atom. The third kappa shape index (κ3) is 3.63. The van der Waals surface area contributed by atoms with E-state index in [1.807, 2.05) is 6.07 Å². The minimum atomic E-state index is -1.05. The van der Waals surface area contributed by atoms with E-state index in [0.717, 1.165) is 0 Å². The van der Waals surface area contributed by atoms with Crippen molar-refractivity contribution in [3.05, 3.63) is 35.9 Å². The number of benzene rings is 1. The van der Waals surface area contributed by atoms with Gasteiger partial charge in [0.25, 0.3) is 0 Å². The number of hydrogen-bond donors (Lipinski definition) is 0. The highest BCUT2D eigenvalue weighted by molar-refractivity contribution is 6.61. The Labute approximate surface area is 85.1 Å². The molecule has 1 rings (SSSR count). The van der Waals surface area contributed by atoms with Crippen LogP contribution in [0.2, 0.25) is 0 Å². The fourth-order valence-corrected chi connectivity index (χ4v) is 0.958. The largest absolute Gasteiger partial charge is 0.435 e. The van der Waals surface area contributed by atoms with Crippen LogP contribution in [0.4, 0.5) is 4.79 Å². The molecule has 70 valence electrons. The van der Waals surface area contributed by atoms with Gasteiger partial charge in [-0.25, -0.2) is 4.79 Å². The van der Waals surface area contributed by atoms with Crippen LogP contribution in [-0.4, -0.2) is 5.43 Å². The molecule has 0 aliphatic rings. The summed E-state index contributed by atoms with van der Waals surface area (Å²) in [7, 11) is 0. The predicted octanol–water partition coefficient (Wildman–Crippen LogP) is 3.23. The van der Waals surface area contributed by atoms with Gasteiger partial charge in [-0.15, -0.1) is 0 Å². The Hall–Kier alpha value is -0.770. The van der Waals surface area contributed by atoms with E-state index in [9.17, 15) is 4.79 Å². The molecule has 1 unspecified atom stereocenters. The van der Waals surface area contributed by atoms with Gasteiger partial charge in [0.05, 0.1) is 0 Å². The number of hydrogen-bond acceptors (Lipinski definition) is 3. The highest BCUT2D eigenvalue weighted by Crippen LogP contribution is 2.21. The maximum Gasteiger partial charge on any atom is 0.435 e. The lowest BCUT2D eigenvalue weighted by Crippen LogP contribution is -2.00. The summed E-state index contributed by atoms with van der Waals surface area (Å²) in [4.78, 5) is 18.7. The fraction of sp³-hybridized carbons (Fsp3) is 0.125. The van der Waals surface area contributed by atoms with E-state index in [4.69, 9.17) is 23.2 Å². The number of alkyl halides is 1. The standard InChI is InChI=1S/C8H6Cl2O3/c9-7(12-13-8(10)11)6-4-2-1-3-5-6/h1-5,7H. The highest BCUT2D eigenvalue weighted by Gasteiger charge is 2.10. The van der Waals surface area contributed by atoms with Gasteiger partial charge in [-0.1, -0.05) is 41.9 Å². The minimum Gasteiger partial charge on any atom is -0.278 e. The third-order valence-corrected chi connectivity index (χ3v) is 1.65. The monoisotopic (exact) mass is 220 g/mol. The maximum absolute atomic E-state index is 10.1. The van der Waals surface area contributed by atoms with Gasteiger partial charge in [-0.2, -0.15) is 4.89 Å². The van der Waals surface area contributed by atoms with Gasteiger partial charge in [0, 0.05) is 17.2 Å². The van der Waals surface area contributed by atoms with E-state index in [1.165, 1.54) is 0 Å². The van der Waals surface area contributed by atoms with E-state index >= 15 is 0 Å². The van der Waals surface area contributed by atoms with Gasteiger partial charge in [0.1, 0.15) is 0 Å². The van der Waals surface area contributed by atoms with Crippen LogP contribution in [-0.2, 0) is 9.78 Å². The van der Waals surface area contributed by atoms with E-state index < -0.39 is 11.0 Å². The highest BCUT2D eigenvalue weighted by atomic mass is 35.5. The number of rotatable bonds is 3. The molecule has 0 aliphatic carbocycles. The van der Waals surface area contributed by atoms with E-state index in [0.29, 0.717) is 5.56 Å². The fourth-order valence-electron chi connectivity index (χ4n) is 0.740. The quantitative estimate of drug-likeness (QED) is 0.340. The van der Waals surface area contributed by atoms with Gasteiger partial charge in [0.2, 0.25) is 5.56 Å². The van der Waals surface area contributed by atoms with Crippen molar-refractivity contribution in [3.8, 4) is 0 Å². The Kier molecular flexibility index (Phi) is 4.02. The van der Waals surface area contributed by atoms with Crippen LogP contribution in [0.5, 0.6) is 0 Å². The summed E-state index contributed by atoms with van der Waals surface area (Å²) in [6.45, 7) is 0. The Bertz CT molecular complexity index is 276. The summed E-state index contributed by atoms with van der Waals surface area (Å²) < 4.78 is 0. The lowest BCUT2D eigenvalue weighted by atomic mass is 10.2. The second-order valence-corrected chi connectivity index (χ2v) is 2.85. The van der Waals surface area contributed by atoms with Crippen molar-refractivity contribution in [1.82, 2.24) is 0 Å². The van der Waals surface area contributed by atoms with E-state index in [2.05, 4.69) is 9.78 Å². The zero-order valence-corrected chi connectivity index (χ0v) is 7.96. The van der Waals surface area contributed by atoms with Crippen LogP contribution < -0.4 is 0 Å². The summed E-state index contributed by atoms with van der Waals surface area (Å²) >= 11 is 10.6. The van der Waals surface area contributed by atoms with Crippen molar-refractivity contribution in [2.45, 2.75) is 5.56 Å². The molecule has 0 bridgehead atoms. The van der Waals surface area contributed by atoms with Crippen LogP contribution >= 0.6 is 23.2 Å². The molecule has 0 heterocycles. The van der Waals surface area contributed by atoms with Crippen molar-refractivity contribution in [1.29, 1.82) is 0 Å². The Balaban J connectivity index is 2.49. The topological polar surface area (TPSA) is 35.5 Å². The molecule has 3 nitrogen and oxygen atoms in total. The summed E-state index contributed by atoms with van der Waals surface area (Å²) in [5, 5.41) is 0. The molecule has 0 aliphatic heterocycles. The molecule has 5 heteroatoms. The molecule has 13 heavy (non-hydrogen) atoms. The van der Waals surface area contributed by atoms with E-state index in [1.54, 1.807) is 24.3 Å². The SMILES string of the molecule is O=C(Cl)OOC(Cl)c1ccccc1. The van der Waals surface area contributed by atoms with Crippen LogP contribution in [0.25, 0.3) is 0 Å². The first-order valence-electron chi connectivity index (χ1n) is 3.42. The van der Waals surface area contributed by atoms with Crippen molar-refractivity contribution in [2.75, 3.05) is 0 Å². The molecule has 0 fully saturated rings. The second-order valence-electron chi connectivity index (χ2n) is 2.14. The average molecular weight is 221 g/mol. The molecule has 0 saturated carbocycles. The summed E-state index contributed by atoms with van der Waals surface area (Å²) in [5.74, 6) is 0. The van der Waals surface area contributed by atoms with Gasteiger partial charge < -0.3 is 0 Å². The van der Waals surface area contributed by atoms with Gasteiger partial charge in [-0.3, -0.25) is 4.89 Å². The Morgan fingerprint density at radius 2 is 1.92 bits per heavy atom. The maximum atomic E-state index is 10.1. The molecule has 0 N–H and O–H groups in total. The molecule has 1 aromatic carbocycles. The van der Waals surface area contributed by atoms with Crippen LogP contribution in [0.15, 0.2) is 30.3 Å². The average Bonchev–Trinajstić information content (AvgIpc) is 2.15. The minimum absolute atomic E-state index is 0.682.